The van der Waals surface area contributed by atoms with E-state index in [1.54, 1.807) is 12.1 Å². The van der Waals surface area contributed by atoms with E-state index >= 15 is 0 Å². The van der Waals surface area contributed by atoms with Crippen LogP contribution in [0.15, 0.2) is 66.7 Å². The molecule has 0 aliphatic carbocycles. The number of hydrogen-bond donors (Lipinski definition) is 4. The van der Waals surface area contributed by atoms with E-state index in [-0.39, 0.29) is 47.0 Å². The van der Waals surface area contributed by atoms with Crippen molar-refractivity contribution >= 4 is 23.8 Å². The van der Waals surface area contributed by atoms with Gasteiger partial charge in [-0.2, -0.15) is 0 Å². The van der Waals surface area contributed by atoms with Gasteiger partial charge in [0, 0.05) is 0 Å². The zero-order valence-corrected chi connectivity index (χ0v) is 20.7. The van der Waals surface area contributed by atoms with Crippen LogP contribution in [-0.4, -0.2) is 53.3 Å². The number of aromatic carboxylic acids is 2. The van der Waals surface area contributed by atoms with Gasteiger partial charge in [0.2, 0.25) is 0 Å². The monoisotopic (exact) mass is 532 g/mol. The van der Waals surface area contributed by atoms with Gasteiger partial charge in [0.05, 0.1) is 28.4 Å². The lowest BCUT2D eigenvalue weighted by Crippen LogP contribution is -2.46. The molecule has 3 aromatic carbocycles. The minimum atomic E-state index is -1.36. The Kier molecular flexibility index (Phi) is 9.48. The topological polar surface area (TPSA) is 160 Å². The number of carboxylic acids is 2. The first-order valence-electron chi connectivity index (χ1n) is 11.5. The van der Waals surface area contributed by atoms with E-state index in [1.165, 1.54) is 31.2 Å². The summed E-state index contributed by atoms with van der Waals surface area (Å²) in [6.45, 7) is 1.75. The summed E-state index contributed by atoms with van der Waals surface area (Å²) in [7, 11) is 0. The summed E-state index contributed by atoms with van der Waals surface area (Å²) >= 11 is 0. The average molecular weight is 533 g/mol. The lowest BCUT2D eigenvalue weighted by atomic mass is 10.1. The summed E-state index contributed by atoms with van der Waals surface area (Å²) in [5, 5.41) is 23.9. The fourth-order valence-corrected chi connectivity index (χ4v) is 3.44. The highest BCUT2D eigenvalue weighted by Gasteiger charge is 2.22. The molecule has 1 atom stereocenters. The molecule has 0 heterocycles. The lowest BCUT2D eigenvalue weighted by molar-refractivity contribution is 0.0683. The Balaban J connectivity index is 1.68. The number of amides is 2. The number of para-hydroxylation sites is 1. The molecule has 0 bridgehead atoms. The molecule has 0 saturated carbocycles. The normalized spacial score (nSPS) is 10.9. The van der Waals surface area contributed by atoms with E-state index in [0.29, 0.717) is 5.75 Å². The minimum absolute atomic E-state index is 0.0708. The third kappa shape index (κ3) is 7.74. The Bertz CT molecular complexity index is 1410. The highest BCUT2D eigenvalue weighted by molar-refractivity contribution is 6.07. The molecule has 3 aromatic rings. The Labute approximate surface area is 223 Å². The first-order valence-corrected chi connectivity index (χ1v) is 11.5. The van der Waals surface area contributed by atoms with Gasteiger partial charge >= 0.3 is 11.9 Å². The van der Waals surface area contributed by atoms with Crippen molar-refractivity contribution in [2.24, 2.45) is 0 Å². The van der Waals surface area contributed by atoms with E-state index < -0.39 is 29.9 Å². The second-order valence-electron chi connectivity index (χ2n) is 7.92. The summed E-state index contributed by atoms with van der Waals surface area (Å²) in [6.07, 6.45) is 5.98. The van der Waals surface area contributed by atoms with Gasteiger partial charge in [0.25, 0.3) is 11.8 Å². The Morgan fingerprint density at radius 1 is 0.744 bits per heavy atom. The van der Waals surface area contributed by atoms with Crippen LogP contribution in [0.25, 0.3) is 0 Å². The predicted octanol–water partition coefficient (Wildman–Crippen LogP) is 3.02. The summed E-state index contributed by atoms with van der Waals surface area (Å²) in [5.41, 5.74) is -1.06. The fourth-order valence-electron chi connectivity index (χ4n) is 3.44. The SMILES string of the molecule is C#COc1ccc(C(=O)O)c(C(=O)NC(C)NC(=O)c2cc(OCCOc3ccccc3)ccc2C(=O)O)c1. The quantitative estimate of drug-likeness (QED) is 0.156. The molecule has 3 rings (SSSR count). The van der Waals surface area contributed by atoms with Crippen LogP contribution in [0, 0.1) is 12.5 Å². The van der Waals surface area contributed by atoms with Gasteiger partial charge in [-0.15, -0.1) is 0 Å². The van der Waals surface area contributed by atoms with Crippen molar-refractivity contribution in [3.63, 3.8) is 0 Å². The molecule has 0 fully saturated rings. The summed E-state index contributed by atoms with van der Waals surface area (Å²) in [4.78, 5) is 48.9. The molecule has 39 heavy (non-hydrogen) atoms. The van der Waals surface area contributed by atoms with Crippen LogP contribution in [-0.2, 0) is 0 Å². The molecule has 1 unspecified atom stereocenters. The minimum Gasteiger partial charge on any atom is -0.490 e. The van der Waals surface area contributed by atoms with Crippen molar-refractivity contribution in [3.8, 4) is 29.8 Å². The maximum Gasteiger partial charge on any atom is 0.336 e. The summed E-state index contributed by atoms with van der Waals surface area (Å²) < 4.78 is 16.0. The number of benzene rings is 3. The molecule has 200 valence electrons. The van der Waals surface area contributed by atoms with Gasteiger partial charge in [0.15, 0.2) is 0 Å². The smallest absolute Gasteiger partial charge is 0.336 e. The van der Waals surface area contributed by atoms with Gasteiger partial charge in [-0.25, -0.2) is 9.59 Å². The van der Waals surface area contributed by atoms with Crippen LogP contribution in [0.5, 0.6) is 17.2 Å². The Hall–Kier alpha value is -5.50. The standard InChI is InChI=1S/C28H24N2O9/c1-3-37-19-9-11-21(27(33)34)23(15-19)25(31)29-17(2)30-26(32)24-16-20(10-12-22(24)28(35)36)39-14-13-38-18-7-5-4-6-8-18/h1,4-12,15-17H,13-14H2,2H3,(H,29,31)(H,30,32)(H,33,34)(H,35,36). The molecule has 11 heteroatoms. The predicted molar refractivity (Wildman–Crippen MR) is 138 cm³/mol. The lowest BCUT2D eigenvalue weighted by Gasteiger charge is -2.18. The Morgan fingerprint density at radius 2 is 1.23 bits per heavy atom. The maximum absolute atomic E-state index is 12.9. The van der Waals surface area contributed by atoms with Crippen molar-refractivity contribution in [1.29, 1.82) is 0 Å². The number of ether oxygens (including phenoxy) is 3. The summed E-state index contributed by atoms with van der Waals surface area (Å²) in [6, 6.07) is 16.6. The second-order valence-corrected chi connectivity index (χ2v) is 7.92. The second kappa shape index (κ2) is 13.2. The molecule has 2 amide bonds. The molecule has 0 aliphatic heterocycles. The van der Waals surface area contributed by atoms with Crippen LogP contribution in [0.1, 0.15) is 48.4 Å². The maximum atomic E-state index is 12.9. The van der Waals surface area contributed by atoms with Crippen LogP contribution in [0.3, 0.4) is 0 Å². The fraction of sp³-hybridized carbons (Fsp3) is 0.143. The summed E-state index contributed by atoms with van der Waals surface area (Å²) in [5.74, 6) is -3.39. The third-order valence-electron chi connectivity index (χ3n) is 5.17. The van der Waals surface area contributed by atoms with E-state index in [2.05, 4.69) is 10.6 Å². The number of carbonyl (C=O) groups is 4. The van der Waals surface area contributed by atoms with Crippen molar-refractivity contribution in [3.05, 3.63) is 89.0 Å². The number of rotatable bonds is 12. The van der Waals surface area contributed by atoms with Crippen LogP contribution < -0.4 is 24.8 Å². The molecule has 0 aliphatic rings. The first kappa shape index (κ1) is 28.1. The van der Waals surface area contributed by atoms with E-state index in [1.807, 2.05) is 24.3 Å². The molecule has 4 N–H and O–H groups in total. The number of hydrogen-bond acceptors (Lipinski definition) is 7. The van der Waals surface area contributed by atoms with Crippen molar-refractivity contribution in [1.82, 2.24) is 10.6 Å². The van der Waals surface area contributed by atoms with Crippen LogP contribution >= 0.6 is 0 Å². The van der Waals surface area contributed by atoms with Gasteiger partial charge in [-0.1, -0.05) is 24.6 Å². The number of carboxylic acid groups (broad SMARTS) is 2. The third-order valence-corrected chi connectivity index (χ3v) is 5.17. The molecule has 11 nitrogen and oxygen atoms in total. The number of nitrogens with one attached hydrogen (secondary N) is 2. The van der Waals surface area contributed by atoms with Crippen molar-refractivity contribution < 1.29 is 43.6 Å². The molecule has 0 aromatic heterocycles. The van der Waals surface area contributed by atoms with E-state index in [4.69, 9.17) is 20.6 Å². The molecule has 0 spiro atoms. The highest BCUT2D eigenvalue weighted by atomic mass is 16.5. The van der Waals surface area contributed by atoms with E-state index in [0.717, 1.165) is 12.1 Å². The number of carbonyl (C=O) groups excluding carboxylic acids is 2. The van der Waals surface area contributed by atoms with Crippen LogP contribution in [0.4, 0.5) is 0 Å². The van der Waals surface area contributed by atoms with Gasteiger partial charge in [0.1, 0.15) is 36.6 Å². The van der Waals surface area contributed by atoms with E-state index in [9.17, 15) is 29.4 Å². The highest BCUT2D eigenvalue weighted by Crippen LogP contribution is 2.20. The zero-order chi connectivity index (χ0) is 28.4. The molecule has 0 saturated heterocycles. The molecule has 0 radical (unpaired) electrons. The van der Waals surface area contributed by atoms with Gasteiger partial charge < -0.3 is 35.1 Å². The largest absolute Gasteiger partial charge is 0.490 e. The zero-order valence-electron chi connectivity index (χ0n) is 20.7. The van der Waals surface area contributed by atoms with Crippen molar-refractivity contribution in [2.45, 2.75) is 13.1 Å². The Morgan fingerprint density at radius 3 is 1.74 bits per heavy atom. The van der Waals surface area contributed by atoms with Crippen molar-refractivity contribution in [2.75, 3.05) is 13.2 Å². The molecular weight excluding hydrogens is 508 g/mol. The van der Waals surface area contributed by atoms with Crippen LogP contribution in [0.2, 0.25) is 0 Å². The molecular formula is C28H24N2O9. The first-order chi connectivity index (χ1) is 18.7. The van der Waals surface area contributed by atoms with Gasteiger partial charge in [-0.3, -0.25) is 9.59 Å². The average Bonchev–Trinajstić information content (AvgIpc) is 2.91. The van der Waals surface area contributed by atoms with Gasteiger partial charge in [-0.05, 0) is 55.5 Å². The number of terminal acetylenes is 1.